The topological polar surface area (TPSA) is 64.0 Å². The number of fused-ring (bicyclic) bond motifs is 1. The molecule has 1 amide bonds. The normalized spacial score (nSPS) is 11.1. The standard InChI is InChI=1S/C23H19ClFN3O2S2/c1-13-3-4-15(9-14(13)2)11-28-22(30)21-19(7-8-31-21)27-23(28)32-12-20(29)26-18-6-5-16(24)10-17(18)25/h3-10H,11-12H2,1-2H3,(H,26,29). The van der Waals surface area contributed by atoms with Crippen LogP contribution in [0.2, 0.25) is 5.02 Å². The second kappa shape index (κ2) is 9.44. The third kappa shape index (κ3) is 4.87. The molecule has 5 nitrogen and oxygen atoms in total. The maximum Gasteiger partial charge on any atom is 0.272 e. The Hall–Kier alpha value is -2.68. The molecule has 0 saturated carbocycles. The van der Waals surface area contributed by atoms with Crippen molar-refractivity contribution in [3.63, 3.8) is 0 Å². The van der Waals surface area contributed by atoms with E-state index in [2.05, 4.69) is 10.3 Å². The van der Waals surface area contributed by atoms with E-state index < -0.39 is 11.7 Å². The summed E-state index contributed by atoms with van der Waals surface area (Å²) in [7, 11) is 0. The highest BCUT2D eigenvalue weighted by Gasteiger charge is 2.16. The molecule has 0 saturated heterocycles. The average molecular weight is 488 g/mol. The largest absolute Gasteiger partial charge is 0.323 e. The Morgan fingerprint density at radius 3 is 2.75 bits per heavy atom. The van der Waals surface area contributed by atoms with Crippen molar-refractivity contribution in [1.82, 2.24) is 9.55 Å². The van der Waals surface area contributed by atoms with Gasteiger partial charge in [-0.1, -0.05) is 41.6 Å². The van der Waals surface area contributed by atoms with Gasteiger partial charge in [0.2, 0.25) is 5.91 Å². The number of anilines is 1. The SMILES string of the molecule is Cc1ccc(Cn2c(SCC(=O)Nc3ccc(Cl)cc3F)nc3ccsc3c2=O)cc1C. The number of aromatic nitrogens is 2. The number of benzene rings is 2. The molecule has 2 aromatic carbocycles. The lowest BCUT2D eigenvalue weighted by Crippen LogP contribution is -2.24. The second-order valence-corrected chi connectivity index (χ2v) is 9.60. The van der Waals surface area contributed by atoms with E-state index in [1.807, 2.05) is 37.4 Å². The summed E-state index contributed by atoms with van der Waals surface area (Å²) in [6.07, 6.45) is 0. The Balaban J connectivity index is 1.59. The molecule has 0 fully saturated rings. The van der Waals surface area contributed by atoms with Gasteiger partial charge >= 0.3 is 0 Å². The predicted molar refractivity (Wildman–Crippen MR) is 130 cm³/mol. The molecular formula is C23H19ClFN3O2S2. The lowest BCUT2D eigenvalue weighted by Gasteiger charge is -2.13. The molecule has 0 atom stereocenters. The molecule has 0 aliphatic heterocycles. The molecule has 0 spiro atoms. The average Bonchev–Trinajstić information content (AvgIpc) is 3.22. The Morgan fingerprint density at radius 1 is 1.19 bits per heavy atom. The third-order valence-corrected chi connectivity index (χ3v) is 7.08. The highest BCUT2D eigenvalue weighted by atomic mass is 35.5. The molecule has 1 N–H and O–H groups in total. The maximum absolute atomic E-state index is 14.0. The van der Waals surface area contributed by atoms with E-state index in [4.69, 9.17) is 11.6 Å². The van der Waals surface area contributed by atoms with Crippen LogP contribution in [0.4, 0.5) is 10.1 Å². The number of thiophene rings is 1. The summed E-state index contributed by atoms with van der Waals surface area (Å²) in [5, 5.41) is 5.04. The van der Waals surface area contributed by atoms with Gasteiger partial charge < -0.3 is 5.32 Å². The van der Waals surface area contributed by atoms with Gasteiger partial charge in [0.15, 0.2) is 5.16 Å². The minimum atomic E-state index is -0.611. The van der Waals surface area contributed by atoms with Gasteiger partial charge in [0.05, 0.1) is 23.5 Å². The van der Waals surface area contributed by atoms with E-state index in [-0.39, 0.29) is 22.0 Å². The van der Waals surface area contributed by atoms with Gasteiger partial charge in [-0.3, -0.25) is 14.2 Å². The monoisotopic (exact) mass is 487 g/mol. The molecule has 0 radical (unpaired) electrons. The maximum atomic E-state index is 14.0. The van der Waals surface area contributed by atoms with E-state index in [1.54, 1.807) is 10.6 Å². The minimum Gasteiger partial charge on any atom is -0.323 e. The van der Waals surface area contributed by atoms with Crippen LogP contribution in [0.5, 0.6) is 0 Å². The Kier molecular flexibility index (Phi) is 6.64. The number of nitrogens with one attached hydrogen (secondary N) is 1. The van der Waals surface area contributed by atoms with Crippen LogP contribution < -0.4 is 10.9 Å². The van der Waals surface area contributed by atoms with E-state index in [1.165, 1.54) is 29.0 Å². The highest BCUT2D eigenvalue weighted by molar-refractivity contribution is 7.99. The lowest BCUT2D eigenvalue weighted by molar-refractivity contribution is -0.113. The van der Waals surface area contributed by atoms with Gasteiger partial charge in [-0.05, 0) is 60.2 Å². The number of rotatable bonds is 6. The molecule has 4 rings (SSSR count). The second-order valence-electron chi connectivity index (χ2n) is 7.30. The van der Waals surface area contributed by atoms with Gasteiger partial charge in [-0.15, -0.1) is 11.3 Å². The summed E-state index contributed by atoms with van der Waals surface area (Å²) in [4.78, 5) is 30.2. The van der Waals surface area contributed by atoms with Crippen molar-refractivity contribution in [1.29, 1.82) is 0 Å². The fraction of sp³-hybridized carbons (Fsp3) is 0.174. The molecule has 0 aliphatic carbocycles. The number of halogens is 2. The number of hydrogen-bond donors (Lipinski definition) is 1. The van der Waals surface area contributed by atoms with Gasteiger partial charge in [-0.25, -0.2) is 9.37 Å². The van der Waals surface area contributed by atoms with Gasteiger partial charge in [-0.2, -0.15) is 0 Å². The molecule has 0 aliphatic rings. The molecule has 4 aromatic rings. The number of aryl methyl sites for hydroxylation is 2. The first-order valence-corrected chi connectivity index (χ1v) is 12.0. The van der Waals surface area contributed by atoms with E-state index in [0.29, 0.717) is 21.9 Å². The van der Waals surface area contributed by atoms with Crippen LogP contribution in [0.25, 0.3) is 10.2 Å². The molecular weight excluding hydrogens is 469 g/mol. The zero-order valence-electron chi connectivity index (χ0n) is 17.3. The predicted octanol–water partition coefficient (Wildman–Crippen LogP) is 5.65. The van der Waals surface area contributed by atoms with Crippen LogP contribution in [0.15, 0.2) is 57.8 Å². The molecule has 0 bridgehead atoms. The van der Waals surface area contributed by atoms with Gasteiger partial charge in [0, 0.05) is 5.02 Å². The zero-order chi connectivity index (χ0) is 22.8. The number of hydrogen-bond acceptors (Lipinski definition) is 5. The van der Waals surface area contributed by atoms with Gasteiger partial charge in [0.25, 0.3) is 5.56 Å². The quantitative estimate of drug-likeness (QED) is 0.282. The van der Waals surface area contributed by atoms with Crippen molar-refractivity contribution in [3.8, 4) is 0 Å². The smallest absolute Gasteiger partial charge is 0.272 e. The summed E-state index contributed by atoms with van der Waals surface area (Å²) in [6.45, 7) is 4.41. The van der Waals surface area contributed by atoms with Crippen LogP contribution in [-0.4, -0.2) is 21.2 Å². The first-order chi connectivity index (χ1) is 15.3. The van der Waals surface area contributed by atoms with Crippen molar-refractivity contribution in [3.05, 3.63) is 85.7 Å². The van der Waals surface area contributed by atoms with Crippen LogP contribution in [0, 0.1) is 19.7 Å². The highest BCUT2D eigenvalue weighted by Crippen LogP contribution is 2.23. The molecule has 2 aromatic heterocycles. The summed E-state index contributed by atoms with van der Waals surface area (Å²) < 4.78 is 16.1. The fourth-order valence-electron chi connectivity index (χ4n) is 3.16. The summed E-state index contributed by atoms with van der Waals surface area (Å²) >= 11 is 8.24. The first kappa shape index (κ1) is 22.5. The zero-order valence-corrected chi connectivity index (χ0v) is 19.7. The van der Waals surface area contributed by atoms with Crippen LogP contribution in [0.3, 0.4) is 0 Å². The van der Waals surface area contributed by atoms with E-state index in [0.717, 1.165) is 29.0 Å². The number of nitrogens with zero attached hydrogens (tertiary/aromatic N) is 2. The summed E-state index contributed by atoms with van der Waals surface area (Å²) in [5.74, 6) is -1.05. The van der Waals surface area contributed by atoms with Gasteiger partial charge in [0.1, 0.15) is 10.5 Å². The summed E-state index contributed by atoms with van der Waals surface area (Å²) in [5.41, 5.74) is 3.79. The molecule has 32 heavy (non-hydrogen) atoms. The van der Waals surface area contributed by atoms with Crippen LogP contribution >= 0.6 is 34.7 Å². The van der Waals surface area contributed by atoms with E-state index >= 15 is 0 Å². The summed E-state index contributed by atoms with van der Waals surface area (Å²) in [6, 6.07) is 11.9. The number of carbonyl (C=O) groups excluding carboxylic acids is 1. The van der Waals surface area contributed by atoms with Crippen molar-refractivity contribution >= 4 is 56.5 Å². The first-order valence-electron chi connectivity index (χ1n) is 9.73. The number of amides is 1. The number of thioether (sulfide) groups is 1. The fourth-order valence-corrected chi connectivity index (χ4v) is 4.90. The van der Waals surface area contributed by atoms with Crippen LogP contribution in [0.1, 0.15) is 16.7 Å². The Labute approximate surface area is 197 Å². The van der Waals surface area contributed by atoms with Crippen molar-refractivity contribution in [2.75, 3.05) is 11.1 Å². The van der Waals surface area contributed by atoms with Crippen LogP contribution in [-0.2, 0) is 11.3 Å². The molecule has 0 unspecified atom stereocenters. The molecule has 2 heterocycles. The molecule has 9 heteroatoms. The number of carbonyl (C=O) groups is 1. The third-order valence-electron chi connectivity index (χ3n) is 4.98. The van der Waals surface area contributed by atoms with E-state index in [9.17, 15) is 14.0 Å². The lowest BCUT2D eigenvalue weighted by atomic mass is 10.1. The van der Waals surface area contributed by atoms with Crippen molar-refractivity contribution in [2.45, 2.75) is 25.5 Å². The molecule has 164 valence electrons. The van der Waals surface area contributed by atoms with Crippen molar-refractivity contribution < 1.29 is 9.18 Å². The van der Waals surface area contributed by atoms with Crippen molar-refractivity contribution in [2.24, 2.45) is 0 Å². The Bertz CT molecular complexity index is 1380. The minimum absolute atomic E-state index is 0.0307. The Morgan fingerprint density at radius 2 is 2.00 bits per heavy atom.